The third kappa shape index (κ3) is 3.19. The first-order chi connectivity index (χ1) is 15.4. The molecule has 2 aromatic rings. The minimum absolute atomic E-state index is 0.150. The van der Waals surface area contributed by atoms with E-state index in [0.717, 1.165) is 52.8 Å². The molecule has 8 atom stereocenters. The van der Waals surface area contributed by atoms with Crippen LogP contribution in [0, 0.1) is 52.7 Å². The maximum absolute atomic E-state index is 13.6. The molecule has 6 rings (SSSR count). The van der Waals surface area contributed by atoms with Crippen molar-refractivity contribution < 1.29 is 9.18 Å². The summed E-state index contributed by atoms with van der Waals surface area (Å²) < 4.78 is 15.3. The number of hydrogen-bond donors (Lipinski definition) is 0. The normalized spacial score (nSPS) is 41.2. The van der Waals surface area contributed by atoms with Gasteiger partial charge in [-0.15, -0.1) is 0 Å². The molecule has 0 saturated heterocycles. The fourth-order valence-corrected chi connectivity index (χ4v) is 9.06. The molecule has 3 nitrogen and oxygen atoms in total. The Morgan fingerprint density at radius 1 is 1.09 bits per heavy atom. The molecule has 4 aliphatic rings. The summed E-state index contributed by atoms with van der Waals surface area (Å²) in [5.74, 6) is 5.56. The minimum Gasteiger partial charge on any atom is -0.297 e. The zero-order valence-electron chi connectivity index (χ0n) is 19.6. The predicted molar refractivity (Wildman–Crippen MR) is 124 cm³/mol. The van der Waals surface area contributed by atoms with E-state index in [9.17, 15) is 9.18 Å². The molecule has 0 amide bonds. The van der Waals surface area contributed by atoms with Crippen molar-refractivity contribution >= 4 is 16.7 Å². The smallest absolute Gasteiger partial charge is 0.157 e. The third-order valence-electron chi connectivity index (χ3n) is 10.5. The number of halogens is 1. The van der Waals surface area contributed by atoms with Crippen molar-refractivity contribution in [2.24, 2.45) is 46.8 Å². The molecule has 0 bridgehead atoms. The van der Waals surface area contributed by atoms with E-state index >= 15 is 0 Å². The summed E-state index contributed by atoms with van der Waals surface area (Å²) in [6, 6.07) is 4.71. The molecule has 4 aliphatic carbocycles. The van der Waals surface area contributed by atoms with Crippen LogP contribution in [0.1, 0.15) is 71.6 Å². The van der Waals surface area contributed by atoms with Gasteiger partial charge >= 0.3 is 0 Å². The van der Waals surface area contributed by atoms with Gasteiger partial charge in [0.25, 0.3) is 0 Å². The molecule has 1 aromatic carbocycles. The Kier molecular flexibility index (Phi) is 5.00. The van der Waals surface area contributed by atoms with E-state index in [1.165, 1.54) is 63.5 Å². The molecule has 32 heavy (non-hydrogen) atoms. The molecule has 4 fully saturated rings. The van der Waals surface area contributed by atoms with E-state index in [-0.39, 0.29) is 17.2 Å². The molecule has 4 heteroatoms. The third-order valence-corrected chi connectivity index (χ3v) is 10.5. The van der Waals surface area contributed by atoms with Gasteiger partial charge in [0.05, 0.1) is 11.7 Å². The number of Topliss-reactive ketones (excluding diaryl/α,β-unsaturated/α-hetero) is 1. The van der Waals surface area contributed by atoms with Crippen LogP contribution in [0.4, 0.5) is 4.39 Å². The van der Waals surface area contributed by atoms with Crippen LogP contribution in [0.2, 0.25) is 0 Å². The molecular weight excluding hydrogens is 399 g/mol. The maximum atomic E-state index is 13.6. The summed E-state index contributed by atoms with van der Waals surface area (Å²) in [5, 5.41) is 5.19. The molecule has 0 radical (unpaired) electrons. The van der Waals surface area contributed by atoms with Gasteiger partial charge in [0.2, 0.25) is 0 Å². The number of benzene rings is 1. The van der Waals surface area contributed by atoms with Gasteiger partial charge in [0, 0.05) is 11.3 Å². The Hall–Kier alpha value is -1.71. The number of rotatable bonds is 3. The van der Waals surface area contributed by atoms with Crippen molar-refractivity contribution in [3.8, 4) is 0 Å². The average Bonchev–Trinajstić information content (AvgIpc) is 3.33. The first-order valence-electron chi connectivity index (χ1n) is 13.1. The highest BCUT2D eigenvalue weighted by molar-refractivity contribution is 5.85. The highest BCUT2D eigenvalue weighted by Gasteiger charge is 2.58. The highest BCUT2D eigenvalue weighted by atomic mass is 19.1. The summed E-state index contributed by atoms with van der Waals surface area (Å²) in [6.45, 7) is 5.21. The molecule has 0 N–H and O–H groups in total. The van der Waals surface area contributed by atoms with E-state index in [4.69, 9.17) is 0 Å². The Morgan fingerprint density at radius 2 is 1.94 bits per heavy atom. The standard InChI is InChI=1S/C28H37FN2O/c1-17-3-6-21-18(13-17)4-7-23-22(21)11-12-28(2)24(23)8-9-25(28)27(32)16-31-26-10-5-20(29)14-19(26)15-30-31/h5,10,14-15,17-18,21-25H,3-4,6-9,11-13,16H2,1-2H3/t17-,18+,21-,22?,23+,24?,25+,28-/m0/s1. The van der Waals surface area contributed by atoms with Crippen LogP contribution in [0.3, 0.4) is 0 Å². The van der Waals surface area contributed by atoms with Crippen LogP contribution in [0.25, 0.3) is 10.9 Å². The van der Waals surface area contributed by atoms with Gasteiger partial charge in [-0.3, -0.25) is 9.48 Å². The molecule has 0 spiro atoms. The van der Waals surface area contributed by atoms with E-state index in [0.29, 0.717) is 12.3 Å². The number of hydrogen-bond acceptors (Lipinski definition) is 2. The zero-order valence-corrected chi connectivity index (χ0v) is 19.6. The quantitative estimate of drug-likeness (QED) is 0.540. The van der Waals surface area contributed by atoms with Gasteiger partial charge in [0.1, 0.15) is 12.4 Å². The SMILES string of the molecule is C[C@H]1CC[C@@H]2C3CC[C@@]4(C)C(CC[C@@H]4C(=O)Cn4ncc5cc(F)ccc54)[C@@H]3CC[C@@H]2C1. The van der Waals surface area contributed by atoms with E-state index in [1.807, 2.05) is 0 Å². The van der Waals surface area contributed by atoms with Gasteiger partial charge in [0.15, 0.2) is 5.78 Å². The molecule has 2 unspecified atom stereocenters. The summed E-state index contributed by atoms with van der Waals surface area (Å²) in [7, 11) is 0. The number of fused-ring (bicyclic) bond motifs is 6. The van der Waals surface area contributed by atoms with E-state index in [1.54, 1.807) is 16.9 Å². The number of carbonyl (C=O) groups is 1. The number of nitrogens with zero attached hydrogens (tertiary/aromatic N) is 2. The van der Waals surface area contributed by atoms with Crippen molar-refractivity contribution in [1.82, 2.24) is 9.78 Å². The van der Waals surface area contributed by atoms with Crippen LogP contribution in [0.5, 0.6) is 0 Å². The van der Waals surface area contributed by atoms with E-state index in [2.05, 4.69) is 18.9 Å². The summed E-state index contributed by atoms with van der Waals surface area (Å²) >= 11 is 0. The van der Waals surface area contributed by atoms with Gasteiger partial charge < -0.3 is 0 Å². The van der Waals surface area contributed by atoms with Crippen LogP contribution in [-0.2, 0) is 11.3 Å². The van der Waals surface area contributed by atoms with Crippen molar-refractivity contribution in [2.75, 3.05) is 0 Å². The van der Waals surface area contributed by atoms with Gasteiger partial charge in [-0.25, -0.2) is 4.39 Å². The van der Waals surface area contributed by atoms with Crippen molar-refractivity contribution in [2.45, 2.75) is 78.2 Å². The average molecular weight is 437 g/mol. The largest absolute Gasteiger partial charge is 0.297 e. The monoisotopic (exact) mass is 436 g/mol. The Balaban J connectivity index is 1.20. The Morgan fingerprint density at radius 3 is 2.81 bits per heavy atom. The maximum Gasteiger partial charge on any atom is 0.157 e. The van der Waals surface area contributed by atoms with Crippen molar-refractivity contribution in [3.63, 3.8) is 0 Å². The second-order valence-electron chi connectivity index (χ2n) is 12.0. The predicted octanol–water partition coefficient (Wildman–Crippen LogP) is 6.65. The highest BCUT2D eigenvalue weighted by Crippen LogP contribution is 2.64. The number of ketones is 1. The lowest BCUT2D eigenvalue weighted by molar-refractivity contribution is -0.131. The first kappa shape index (κ1) is 20.9. The Bertz CT molecular complexity index is 1030. The second kappa shape index (κ2) is 7.67. The van der Waals surface area contributed by atoms with Crippen molar-refractivity contribution in [3.05, 3.63) is 30.2 Å². The molecule has 1 heterocycles. The molecule has 4 saturated carbocycles. The van der Waals surface area contributed by atoms with Gasteiger partial charge in [-0.05, 0) is 110 Å². The summed E-state index contributed by atoms with van der Waals surface area (Å²) in [5.41, 5.74) is 1.01. The zero-order chi connectivity index (χ0) is 22.0. The number of carbonyl (C=O) groups excluding carboxylic acids is 1. The van der Waals surface area contributed by atoms with Gasteiger partial charge in [-0.2, -0.15) is 5.10 Å². The minimum atomic E-state index is -0.256. The van der Waals surface area contributed by atoms with Crippen LogP contribution >= 0.6 is 0 Å². The summed E-state index contributed by atoms with van der Waals surface area (Å²) in [4.78, 5) is 13.6. The molecular formula is C28H37FN2O. The fourth-order valence-electron chi connectivity index (χ4n) is 9.06. The van der Waals surface area contributed by atoms with Crippen molar-refractivity contribution in [1.29, 1.82) is 0 Å². The molecule has 1 aromatic heterocycles. The fraction of sp³-hybridized carbons (Fsp3) is 0.714. The lowest BCUT2D eigenvalue weighted by Gasteiger charge is -2.56. The van der Waals surface area contributed by atoms with Crippen LogP contribution in [0.15, 0.2) is 24.4 Å². The molecule has 0 aliphatic heterocycles. The lowest BCUT2D eigenvalue weighted by Crippen LogP contribution is -2.49. The molecule has 172 valence electrons. The van der Waals surface area contributed by atoms with Crippen LogP contribution in [-0.4, -0.2) is 15.6 Å². The summed E-state index contributed by atoms with van der Waals surface area (Å²) in [6.07, 6.45) is 13.7. The van der Waals surface area contributed by atoms with Gasteiger partial charge in [-0.1, -0.05) is 20.3 Å². The second-order valence-corrected chi connectivity index (χ2v) is 12.0. The number of aromatic nitrogens is 2. The first-order valence-corrected chi connectivity index (χ1v) is 13.1. The topological polar surface area (TPSA) is 34.9 Å². The Labute approximate surface area is 191 Å². The van der Waals surface area contributed by atoms with E-state index < -0.39 is 0 Å². The van der Waals surface area contributed by atoms with Crippen LogP contribution < -0.4 is 0 Å². The lowest BCUT2D eigenvalue weighted by atomic mass is 9.49.